The summed E-state index contributed by atoms with van der Waals surface area (Å²) in [6.45, 7) is 2.35. The van der Waals surface area contributed by atoms with Crippen molar-refractivity contribution in [3.05, 3.63) is 24.3 Å². The minimum absolute atomic E-state index is 0.00686. The summed E-state index contributed by atoms with van der Waals surface area (Å²) >= 11 is 0. The van der Waals surface area contributed by atoms with Crippen molar-refractivity contribution in [1.29, 1.82) is 5.41 Å². The van der Waals surface area contributed by atoms with Gasteiger partial charge in [0.1, 0.15) is 5.71 Å². The van der Waals surface area contributed by atoms with Crippen LogP contribution < -0.4 is 10.3 Å². The lowest BCUT2D eigenvalue weighted by Crippen LogP contribution is -2.38. The Bertz CT molecular complexity index is 509. The van der Waals surface area contributed by atoms with Gasteiger partial charge in [-0.15, -0.1) is 0 Å². The Morgan fingerprint density at radius 1 is 1.35 bits per heavy atom. The molecule has 1 aliphatic rings. The summed E-state index contributed by atoms with van der Waals surface area (Å²) in [6, 6.07) is 7.86. The number of hydrazine groups is 1. The fourth-order valence-electron chi connectivity index (χ4n) is 2.09. The Labute approximate surface area is 119 Å². The van der Waals surface area contributed by atoms with E-state index in [-0.39, 0.29) is 12.6 Å². The van der Waals surface area contributed by atoms with Gasteiger partial charge >= 0.3 is 0 Å². The standard InChI is InChI=1S/C14H21N5O/c1-10-13(14(15)19(17-10)8-9-20)16-11-4-6-12(7-5-11)18(2)3/h4-7,10,15,17,20H,8-9H2,1-3H3. The number of β-amino-alcohol motifs (C(OH)–C–C–N with tert-alkyl or cyclic N) is 1. The summed E-state index contributed by atoms with van der Waals surface area (Å²) in [6.07, 6.45) is 0. The molecule has 0 aliphatic carbocycles. The van der Waals surface area contributed by atoms with Crippen molar-refractivity contribution < 1.29 is 5.11 Å². The number of aliphatic hydroxyl groups is 1. The first-order valence-corrected chi connectivity index (χ1v) is 6.62. The molecule has 2 rings (SSSR count). The Kier molecular flexibility index (Phi) is 4.36. The van der Waals surface area contributed by atoms with E-state index < -0.39 is 0 Å². The predicted molar refractivity (Wildman–Crippen MR) is 82.0 cm³/mol. The predicted octanol–water partition coefficient (Wildman–Crippen LogP) is 1.00. The first-order valence-electron chi connectivity index (χ1n) is 6.62. The molecule has 108 valence electrons. The van der Waals surface area contributed by atoms with Gasteiger partial charge in [-0.3, -0.25) is 10.4 Å². The molecule has 1 saturated heterocycles. The highest BCUT2D eigenvalue weighted by Crippen LogP contribution is 2.20. The molecule has 1 unspecified atom stereocenters. The number of rotatable bonds is 4. The zero-order valence-electron chi connectivity index (χ0n) is 12.1. The number of hydrogen-bond donors (Lipinski definition) is 3. The largest absolute Gasteiger partial charge is 0.394 e. The van der Waals surface area contributed by atoms with Crippen LogP contribution in [0.15, 0.2) is 29.3 Å². The van der Waals surface area contributed by atoms with Crippen LogP contribution in [0.1, 0.15) is 6.92 Å². The van der Waals surface area contributed by atoms with Crippen molar-refractivity contribution in [2.45, 2.75) is 13.0 Å². The maximum atomic E-state index is 8.97. The second kappa shape index (κ2) is 6.02. The molecule has 0 spiro atoms. The van der Waals surface area contributed by atoms with Crippen LogP contribution in [-0.4, -0.2) is 55.0 Å². The number of hydrogen-bond acceptors (Lipinski definition) is 5. The van der Waals surface area contributed by atoms with Gasteiger partial charge in [0, 0.05) is 19.8 Å². The second-order valence-corrected chi connectivity index (χ2v) is 4.98. The van der Waals surface area contributed by atoms with Gasteiger partial charge in [-0.2, -0.15) is 0 Å². The molecule has 0 bridgehead atoms. The number of benzene rings is 1. The van der Waals surface area contributed by atoms with Gasteiger partial charge in [-0.25, -0.2) is 10.4 Å². The van der Waals surface area contributed by atoms with E-state index in [4.69, 9.17) is 10.5 Å². The Morgan fingerprint density at radius 3 is 2.55 bits per heavy atom. The molecule has 1 fully saturated rings. The fraction of sp³-hybridized carbons (Fsp3) is 0.429. The molecule has 0 radical (unpaired) electrons. The Hall–Kier alpha value is -1.92. The normalized spacial score (nSPS) is 20.8. The van der Waals surface area contributed by atoms with Crippen LogP contribution in [-0.2, 0) is 0 Å². The molecule has 1 heterocycles. The zero-order chi connectivity index (χ0) is 14.7. The molecule has 20 heavy (non-hydrogen) atoms. The van der Waals surface area contributed by atoms with E-state index in [2.05, 4.69) is 10.4 Å². The van der Waals surface area contributed by atoms with Crippen molar-refractivity contribution in [3.8, 4) is 0 Å². The van der Waals surface area contributed by atoms with Gasteiger partial charge in [-0.1, -0.05) is 0 Å². The van der Waals surface area contributed by atoms with E-state index in [1.54, 1.807) is 5.01 Å². The zero-order valence-corrected chi connectivity index (χ0v) is 12.1. The van der Waals surface area contributed by atoms with Gasteiger partial charge < -0.3 is 10.0 Å². The van der Waals surface area contributed by atoms with Gasteiger partial charge in [0.15, 0.2) is 5.84 Å². The van der Waals surface area contributed by atoms with Crippen molar-refractivity contribution in [1.82, 2.24) is 10.4 Å². The van der Waals surface area contributed by atoms with Crippen LogP contribution in [0.3, 0.4) is 0 Å². The van der Waals surface area contributed by atoms with E-state index in [1.165, 1.54) is 0 Å². The maximum absolute atomic E-state index is 8.97. The summed E-state index contributed by atoms with van der Waals surface area (Å²) in [7, 11) is 3.98. The monoisotopic (exact) mass is 275 g/mol. The third kappa shape index (κ3) is 2.97. The number of nitrogens with one attached hydrogen (secondary N) is 2. The Morgan fingerprint density at radius 2 is 2.00 bits per heavy atom. The fourth-order valence-corrected chi connectivity index (χ4v) is 2.09. The number of aliphatic imine (C=N–C) groups is 1. The lowest BCUT2D eigenvalue weighted by atomic mass is 10.2. The molecule has 1 aliphatic heterocycles. The van der Waals surface area contributed by atoms with Crippen molar-refractivity contribution in [2.24, 2.45) is 4.99 Å². The molecule has 3 N–H and O–H groups in total. The van der Waals surface area contributed by atoms with Crippen molar-refractivity contribution in [2.75, 3.05) is 32.1 Å². The molecule has 1 aromatic rings. The van der Waals surface area contributed by atoms with E-state index in [9.17, 15) is 0 Å². The number of aliphatic hydroxyl groups excluding tert-OH is 1. The van der Waals surface area contributed by atoms with Crippen LogP contribution in [0.25, 0.3) is 0 Å². The van der Waals surface area contributed by atoms with E-state index in [1.807, 2.05) is 50.2 Å². The van der Waals surface area contributed by atoms with Gasteiger partial charge in [0.25, 0.3) is 0 Å². The van der Waals surface area contributed by atoms with Crippen LogP contribution >= 0.6 is 0 Å². The third-order valence-electron chi connectivity index (χ3n) is 3.21. The van der Waals surface area contributed by atoms with Crippen molar-refractivity contribution >= 4 is 22.9 Å². The highest BCUT2D eigenvalue weighted by Gasteiger charge is 2.29. The number of anilines is 1. The highest BCUT2D eigenvalue weighted by molar-refractivity contribution is 6.43. The van der Waals surface area contributed by atoms with E-state index in [0.29, 0.717) is 18.1 Å². The topological polar surface area (TPSA) is 75.0 Å². The molecular weight excluding hydrogens is 254 g/mol. The van der Waals surface area contributed by atoms with Gasteiger partial charge in [0.2, 0.25) is 0 Å². The van der Waals surface area contributed by atoms with Crippen LogP contribution in [0.2, 0.25) is 0 Å². The maximum Gasteiger partial charge on any atom is 0.159 e. The van der Waals surface area contributed by atoms with Crippen LogP contribution in [0.5, 0.6) is 0 Å². The summed E-state index contributed by atoms with van der Waals surface area (Å²) in [4.78, 5) is 6.57. The second-order valence-electron chi connectivity index (χ2n) is 4.98. The van der Waals surface area contributed by atoms with Crippen LogP contribution in [0.4, 0.5) is 11.4 Å². The highest BCUT2D eigenvalue weighted by atomic mass is 16.3. The quantitative estimate of drug-likeness (QED) is 0.766. The number of amidine groups is 1. The average molecular weight is 275 g/mol. The SMILES string of the molecule is CC1NN(CCO)C(=N)C1=Nc1ccc(N(C)C)cc1. The lowest BCUT2D eigenvalue weighted by molar-refractivity contribution is 0.219. The number of nitrogens with zero attached hydrogens (tertiary/aromatic N) is 3. The van der Waals surface area contributed by atoms with E-state index >= 15 is 0 Å². The molecule has 0 aromatic heterocycles. The third-order valence-corrected chi connectivity index (χ3v) is 3.21. The van der Waals surface area contributed by atoms with Gasteiger partial charge in [-0.05, 0) is 31.2 Å². The molecule has 0 amide bonds. The lowest BCUT2D eigenvalue weighted by Gasteiger charge is -2.15. The first kappa shape index (κ1) is 14.5. The molecule has 1 atom stereocenters. The summed E-state index contributed by atoms with van der Waals surface area (Å²) in [5, 5.41) is 18.7. The van der Waals surface area contributed by atoms with Crippen LogP contribution in [0, 0.1) is 5.41 Å². The van der Waals surface area contributed by atoms with Gasteiger partial charge in [0.05, 0.1) is 24.9 Å². The summed E-state index contributed by atoms with van der Waals surface area (Å²) in [5.41, 5.74) is 5.75. The van der Waals surface area contributed by atoms with Crippen molar-refractivity contribution in [3.63, 3.8) is 0 Å². The summed E-state index contributed by atoms with van der Waals surface area (Å²) in [5.74, 6) is 0.322. The van der Waals surface area contributed by atoms with E-state index in [0.717, 1.165) is 11.4 Å². The summed E-state index contributed by atoms with van der Waals surface area (Å²) < 4.78 is 0. The minimum Gasteiger partial charge on any atom is -0.394 e. The Balaban J connectivity index is 2.19. The molecule has 6 nitrogen and oxygen atoms in total. The molecule has 6 heteroatoms. The minimum atomic E-state index is -0.0254. The molecular formula is C14H21N5O. The molecule has 0 saturated carbocycles. The first-order chi connectivity index (χ1) is 9.52. The molecule has 1 aromatic carbocycles. The average Bonchev–Trinajstić information content (AvgIpc) is 2.68. The smallest absolute Gasteiger partial charge is 0.159 e.